The molecule has 2 heteroatoms. The van der Waals surface area contributed by atoms with Crippen LogP contribution in [0.2, 0.25) is 0 Å². The third-order valence-corrected chi connectivity index (χ3v) is 5.76. The molecule has 0 aliphatic carbocycles. The minimum atomic E-state index is 0.126. The maximum atomic E-state index is 3.93. The number of thioether (sulfide) groups is 1. The lowest BCUT2D eigenvalue weighted by molar-refractivity contribution is 0.288. The molecule has 0 radical (unpaired) electrons. The van der Waals surface area contributed by atoms with Crippen LogP contribution in [0.3, 0.4) is 0 Å². The number of benzene rings is 2. The van der Waals surface area contributed by atoms with Gasteiger partial charge in [0, 0.05) is 10.4 Å². The summed E-state index contributed by atoms with van der Waals surface area (Å²) in [6, 6.07) is 19.7. The molecule has 0 fully saturated rings. The lowest BCUT2D eigenvalue weighted by atomic mass is 9.84. The van der Waals surface area contributed by atoms with Crippen molar-refractivity contribution in [2.75, 3.05) is 0 Å². The van der Waals surface area contributed by atoms with E-state index in [1.54, 1.807) is 0 Å². The highest BCUT2D eigenvalue weighted by Gasteiger charge is 2.37. The maximum Gasteiger partial charge on any atom is 0.0627 e. The van der Waals surface area contributed by atoms with E-state index >= 15 is 0 Å². The van der Waals surface area contributed by atoms with Crippen LogP contribution in [0.4, 0.5) is 0 Å². The quantitative estimate of drug-likeness (QED) is 0.855. The number of hydrogen-bond donors (Lipinski definition) is 1. The van der Waals surface area contributed by atoms with Gasteiger partial charge >= 0.3 is 0 Å². The Bertz CT molecular complexity index is 590. The first-order chi connectivity index (χ1) is 10.3. The third-order valence-electron chi connectivity index (χ3n) is 4.58. The van der Waals surface area contributed by atoms with E-state index in [1.165, 1.54) is 16.0 Å². The SMILES string of the molecule is CCC1(CC)NC(Cc2ccccc2)Sc2ccccc21. The van der Waals surface area contributed by atoms with Crippen LogP contribution in [0.5, 0.6) is 0 Å². The van der Waals surface area contributed by atoms with Gasteiger partial charge in [-0.25, -0.2) is 0 Å². The number of rotatable bonds is 4. The van der Waals surface area contributed by atoms with Gasteiger partial charge in [-0.05, 0) is 36.5 Å². The Labute approximate surface area is 132 Å². The largest absolute Gasteiger partial charge is 0.295 e. The summed E-state index contributed by atoms with van der Waals surface area (Å²) >= 11 is 1.97. The number of nitrogens with one attached hydrogen (secondary N) is 1. The fraction of sp³-hybridized carbons (Fsp3) is 0.368. The molecule has 1 heterocycles. The van der Waals surface area contributed by atoms with Gasteiger partial charge in [0.25, 0.3) is 0 Å². The zero-order chi connectivity index (χ0) is 14.7. The highest BCUT2D eigenvalue weighted by Crippen LogP contribution is 2.43. The summed E-state index contributed by atoms with van der Waals surface area (Å²) in [5, 5.41) is 4.38. The van der Waals surface area contributed by atoms with Crippen LogP contribution in [0, 0.1) is 0 Å². The molecule has 0 bridgehead atoms. The van der Waals surface area contributed by atoms with Crippen LogP contribution < -0.4 is 5.32 Å². The van der Waals surface area contributed by atoms with Crippen molar-refractivity contribution in [3.05, 3.63) is 65.7 Å². The zero-order valence-electron chi connectivity index (χ0n) is 12.8. The molecule has 1 aliphatic rings. The minimum Gasteiger partial charge on any atom is -0.295 e. The molecule has 1 aliphatic heterocycles. The molecule has 0 spiro atoms. The first-order valence-electron chi connectivity index (χ1n) is 7.85. The van der Waals surface area contributed by atoms with E-state index in [2.05, 4.69) is 73.8 Å². The first kappa shape index (κ1) is 14.7. The second-order valence-corrected chi connectivity index (χ2v) is 6.97. The molecule has 21 heavy (non-hydrogen) atoms. The normalized spacial score (nSPS) is 20.0. The fourth-order valence-electron chi connectivity index (χ4n) is 3.29. The van der Waals surface area contributed by atoms with Crippen molar-refractivity contribution in [2.24, 2.45) is 0 Å². The molecular weight excluding hydrogens is 274 g/mol. The summed E-state index contributed by atoms with van der Waals surface area (Å²) in [6.07, 6.45) is 3.33. The Hall–Kier alpha value is -1.25. The second-order valence-electron chi connectivity index (χ2n) is 5.73. The van der Waals surface area contributed by atoms with Crippen LogP contribution in [-0.2, 0) is 12.0 Å². The van der Waals surface area contributed by atoms with Gasteiger partial charge in [0.05, 0.1) is 5.37 Å². The molecule has 2 aromatic carbocycles. The Kier molecular flexibility index (Phi) is 4.37. The topological polar surface area (TPSA) is 12.0 Å². The number of hydrogen-bond acceptors (Lipinski definition) is 2. The number of fused-ring (bicyclic) bond motifs is 1. The van der Waals surface area contributed by atoms with Crippen LogP contribution >= 0.6 is 11.8 Å². The van der Waals surface area contributed by atoms with E-state index in [0.29, 0.717) is 5.37 Å². The van der Waals surface area contributed by atoms with Crippen molar-refractivity contribution in [3.63, 3.8) is 0 Å². The summed E-state index contributed by atoms with van der Waals surface area (Å²) in [5.74, 6) is 0. The Morgan fingerprint density at radius 3 is 2.33 bits per heavy atom. The van der Waals surface area contributed by atoms with E-state index in [4.69, 9.17) is 0 Å². The van der Waals surface area contributed by atoms with Crippen molar-refractivity contribution in [2.45, 2.75) is 48.9 Å². The molecule has 0 saturated heterocycles. The van der Waals surface area contributed by atoms with Gasteiger partial charge in [0.1, 0.15) is 0 Å². The molecule has 2 aromatic rings. The van der Waals surface area contributed by atoms with Gasteiger partial charge in [-0.3, -0.25) is 5.32 Å². The Balaban J connectivity index is 1.90. The van der Waals surface area contributed by atoms with E-state index in [-0.39, 0.29) is 5.54 Å². The predicted octanol–water partition coefficient (Wildman–Crippen LogP) is 4.97. The van der Waals surface area contributed by atoms with Crippen molar-refractivity contribution < 1.29 is 0 Å². The van der Waals surface area contributed by atoms with Crippen molar-refractivity contribution in [3.8, 4) is 0 Å². The Morgan fingerprint density at radius 1 is 0.952 bits per heavy atom. The molecule has 0 aromatic heterocycles. The highest BCUT2D eigenvalue weighted by atomic mass is 32.2. The molecule has 110 valence electrons. The summed E-state index contributed by atoms with van der Waals surface area (Å²) in [4.78, 5) is 1.45. The molecule has 1 nitrogen and oxygen atoms in total. The second kappa shape index (κ2) is 6.25. The van der Waals surface area contributed by atoms with Gasteiger partial charge in [-0.15, -0.1) is 11.8 Å². The Morgan fingerprint density at radius 2 is 1.62 bits per heavy atom. The summed E-state index contributed by atoms with van der Waals surface area (Å²) < 4.78 is 0. The van der Waals surface area contributed by atoms with Gasteiger partial charge in [-0.1, -0.05) is 62.4 Å². The third kappa shape index (κ3) is 2.88. The standard InChI is InChI=1S/C19H23NS/c1-3-19(4-2)16-12-8-9-13-17(16)21-18(20-19)14-15-10-6-5-7-11-15/h5-13,18,20H,3-4,14H2,1-2H3. The van der Waals surface area contributed by atoms with Gasteiger partial charge in [0.15, 0.2) is 0 Å². The van der Waals surface area contributed by atoms with Gasteiger partial charge in [0.2, 0.25) is 0 Å². The van der Waals surface area contributed by atoms with E-state index in [0.717, 1.165) is 19.3 Å². The lowest BCUT2D eigenvalue weighted by Gasteiger charge is -2.43. The molecule has 1 N–H and O–H groups in total. The van der Waals surface area contributed by atoms with Crippen LogP contribution in [0.15, 0.2) is 59.5 Å². The minimum absolute atomic E-state index is 0.126. The molecule has 3 rings (SSSR count). The zero-order valence-corrected chi connectivity index (χ0v) is 13.6. The average Bonchev–Trinajstić information content (AvgIpc) is 2.55. The van der Waals surface area contributed by atoms with E-state index in [9.17, 15) is 0 Å². The van der Waals surface area contributed by atoms with Crippen LogP contribution in [0.25, 0.3) is 0 Å². The van der Waals surface area contributed by atoms with Gasteiger partial charge in [-0.2, -0.15) is 0 Å². The average molecular weight is 297 g/mol. The van der Waals surface area contributed by atoms with Crippen LogP contribution in [-0.4, -0.2) is 5.37 Å². The highest BCUT2D eigenvalue weighted by molar-refractivity contribution is 8.00. The van der Waals surface area contributed by atoms with E-state index in [1.807, 2.05) is 11.8 Å². The molecular formula is C19H23NS. The lowest BCUT2D eigenvalue weighted by Crippen LogP contribution is -2.49. The van der Waals surface area contributed by atoms with Crippen LogP contribution in [0.1, 0.15) is 37.8 Å². The summed E-state index contributed by atoms with van der Waals surface area (Å²) in [7, 11) is 0. The van der Waals surface area contributed by atoms with Crippen molar-refractivity contribution in [1.82, 2.24) is 5.32 Å². The summed E-state index contributed by atoms with van der Waals surface area (Å²) in [6.45, 7) is 4.59. The molecule has 1 unspecified atom stereocenters. The van der Waals surface area contributed by atoms with Crippen molar-refractivity contribution >= 4 is 11.8 Å². The maximum absolute atomic E-state index is 3.93. The smallest absolute Gasteiger partial charge is 0.0627 e. The van der Waals surface area contributed by atoms with Gasteiger partial charge < -0.3 is 0 Å². The first-order valence-corrected chi connectivity index (χ1v) is 8.73. The monoisotopic (exact) mass is 297 g/mol. The summed E-state index contributed by atoms with van der Waals surface area (Å²) in [5.41, 5.74) is 3.01. The van der Waals surface area contributed by atoms with Crippen molar-refractivity contribution in [1.29, 1.82) is 0 Å². The molecule has 0 amide bonds. The molecule has 0 saturated carbocycles. The van der Waals surface area contributed by atoms with E-state index < -0.39 is 0 Å². The predicted molar refractivity (Wildman–Crippen MR) is 91.6 cm³/mol. The fourth-order valence-corrected chi connectivity index (χ4v) is 4.70. The molecule has 1 atom stereocenters.